The van der Waals surface area contributed by atoms with Crippen LogP contribution in [0.5, 0.6) is 0 Å². The van der Waals surface area contributed by atoms with E-state index in [0.717, 1.165) is 45.1 Å². The summed E-state index contributed by atoms with van der Waals surface area (Å²) in [5.41, 5.74) is 6.30. The zero-order chi connectivity index (χ0) is 13.4. The van der Waals surface area contributed by atoms with Gasteiger partial charge in [0, 0.05) is 46.0 Å². The van der Waals surface area contributed by atoms with Crippen LogP contribution in [0.4, 0.5) is 0 Å². The summed E-state index contributed by atoms with van der Waals surface area (Å²) in [6.07, 6.45) is 4.71. The van der Waals surface area contributed by atoms with Gasteiger partial charge in [0.05, 0.1) is 6.61 Å². The van der Waals surface area contributed by atoms with Crippen LogP contribution < -0.4 is 5.73 Å². The molecule has 0 heterocycles. The lowest BCUT2D eigenvalue weighted by atomic mass is 9.83. The highest BCUT2D eigenvalue weighted by Gasteiger charge is 2.30. The van der Waals surface area contributed by atoms with Gasteiger partial charge in [0.15, 0.2) is 0 Å². The lowest BCUT2D eigenvalue weighted by Crippen LogP contribution is -2.52. The molecule has 0 saturated heterocycles. The highest BCUT2D eigenvalue weighted by molar-refractivity contribution is 4.88. The van der Waals surface area contributed by atoms with Crippen LogP contribution in [0.2, 0.25) is 0 Å². The van der Waals surface area contributed by atoms with Crippen LogP contribution >= 0.6 is 0 Å². The molecule has 4 heteroatoms. The van der Waals surface area contributed by atoms with Gasteiger partial charge in [0.25, 0.3) is 0 Å². The minimum absolute atomic E-state index is 0.320. The lowest BCUT2D eigenvalue weighted by molar-refractivity contribution is 0.0715. The lowest BCUT2D eigenvalue weighted by Gasteiger charge is -2.40. The van der Waals surface area contributed by atoms with E-state index in [9.17, 15) is 0 Å². The summed E-state index contributed by atoms with van der Waals surface area (Å²) in [6.45, 7) is 5.97. The van der Waals surface area contributed by atoms with Crippen molar-refractivity contribution in [1.29, 1.82) is 0 Å². The van der Waals surface area contributed by atoms with Crippen molar-refractivity contribution in [1.82, 2.24) is 4.90 Å². The minimum atomic E-state index is 0.320. The summed E-state index contributed by atoms with van der Waals surface area (Å²) in [7, 11) is 3.52. The van der Waals surface area contributed by atoms with Gasteiger partial charge >= 0.3 is 0 Å². The van der Waals surface area contributed by atoms with Gasteiger partial charge in [-0.05, 0) is 31.6 Å². The quantitative estimate of drug-likeness (QED) is 0.670. The fourth-order valence-electron chi connectivity index (χ4n) is 2.86. The molecule has 0 aromatic carbocycles. The first-order valence-corrected chi connectivity index (χ1v) is 7.16. The van der Waals surface area contributed by atoms with Crippen molar-refractivity contribution >= 4 is 0 Å². The maximum atomic E-state index is 6.30. The van der Waals surface area contributed by atoms with Crippen LogP contribution in [0.3, 0.4) is 0 Å². The van der Waals surface area contributed by atoms with Gasteiger partial charge in [-0.1, -0.05) is 6.92 Å². The monoisotopic (exact) mass is 258 g/mol. The van der Waals surface area contributed by atoms with Gasteiger partial charge in [0.2, 0.25) is 0 Å². The van der Waals surface area contributed by atoms with E-state index >= 15 is 0 Å². The van der Waals surface area contributed by atoms with Gasteiger partial charge < -0.3 is 15.2 Å². The van der Waals surface area contributed by atoms with Crippen LogP contribution in [-0.4, -0.2) is 57.5 Å². The van der Waals surface area contributed by atoms with Crippen molar-refractivity contribution in [2.75, 3.05) is 40.5 Å². The summed E-state index contributed by atoms with van der Waals surface area (Å²) in [4.78, 5) is 2.50. The van der Waals surface area contributed by atoms with Crippen LogP contribution in [0, 0.1) is 5.92 Å². The number of nitrogens with two attached hydrogens (primary N) is 1. The maximum Gasteiger partial charge on any atom is 0.0589 e. The Morgan fingerprint density at radius 2 is 1.83 bits per heavy atom. The fraction of sp³-hybridized carbons (Fsp3) is 1.00. The van der Waals surface area contributed by atoms with Gasteiger partial charge in [-0.15, -0.1) is 0 Å². The SMILES string of the molecule is COCCCN(CCOC)C1CC(C)CCC1N. The third kappa shape index (κ3) is 5.22. The molecule has 1 rings (SSSR count). The van der Waals surface area contributed by atoms with E-state index in [2.05, 4.69) is 11.8 Å². The first kappa shape index (κ1) is 15.9. The Morgan fingerprint density at radius 3 is 2.50 bits per heavy atom. The molecular weight excluding hydrogens is 228 g/mol. The molecule has 1 aliphatic rings. The third-order valence-corrected chi connectivity index (χ3v) is 3.98. The van der Waals surface area contributed by atoms with E-state index in [1.165, 1.54) is 12.8 Å². The average molecular weight is 258 g/mol. The number of ether oxygens (including phenoxy) is 2. The molecule has 4 nitrogen and oxygen atoms in total. The Labute approximate surface area is 112 Å². The van der Waals surface area contributed by atoms with Crippen LogP contribution in [-0.2, 0) is 9.47 Å². The fourth-order valence-corrected chi connectivity index (χ4v) is 2.86. The Kier molecular flexibility index (Phi) is 7.82. The second-order valence-corrected chi connectivity index (χ2v) is 5.52. The number of nitrogens with zero attached hydrogens (tertiary/aromatic N) is 1. The molecule has 18 heavy (non-hydrogen) atoms. The van der Waals surface area contributed by atoms with Crippen LogP contribution in [0.1, 0.15) is 32.6 Å². The van der Waals surface area contributed by atoms with Crippen molar-refractivity contribution in [3.63, 3.8) is 0 Å². The van der Waals surface area contributed by atoms with E-state index in [0.29, 0.717) is 12.1 Å². The predicted molar refractivity (Wildman–Crippen MR) is 74.7 cm³/mol. The standard InChI is InChI=1S/C14H30N2O2/c1-12-5-6-13(15)14(11-12)16(8-10-18-3)7-4-9-17-2/h12-14H,4-11,15H2,1-3H3. The molecule has 3 atom stereocenters. The Morgan fingerprint density at radius 1 is 1.11 bits per heavy atom. The Balaban J connectivity index is 2.49. The molecule has 0 bridgehead atoms. The summed E-state index contributed by atoms with van der Waals surface area (Å²) >= 11 is 0. The Hall–Kier alpha value is -0.160. The topological polar surface area (TPSA) is 47.7 Å². The zero-order valence-corrected chi connectivity index (χ0v) is 12.2. The second-order valence-electron chi connectivity index (χ2n) is 5.52. The summed E-state index contributed by atoms with van der Waals surface area (Å²) in [6, 6.07) is 0.835. The van der Waals surface area contributed by atoms with Crippen molar-refractivity contribution < 1.29 is 9.47 Å². The van der Waals surface area contributed by atoms with E-state index in [4.69, 9.17) is 15.2 Å². The molecule has 1 aliphatic carbocycles. The molecule has 1 fully saturated rings. The first-order valence-electron chi connectivity index (χ1n) is 7.16. The van der Waals surface area contributed by atoms with Gasteiger partial charge in [-0.3, -0.25) is 4.90 Å². The first-order chi connectivity index (χ1) is 8.69. The van der Waals surface area contributed by atoms with Crippen molar-refractivity contribution in [3.05, 3.63) is 0 Å². The Bertz CT molecular complexity index is 214. The van der Waals surface area contributed by atoms with Crippen molar-refractivity contribution in [2.24, 2.45) is 11.7 Å². The summed E-state index contributed by atoms with van der Waals surface area (Å²) < 4.78 is 10.4. The molecule has 0 aromatic rings. The van der Waals surface area contributed by atoms with E-state index < -0.39 is 0 Å². The van der Waals surface area contributed by atoms with E-state index in [1.807, 2.05) is 0 Å². The normalized spacial score (nSPS) is 28.8. The molecular formula is C14H30N2O2. The number of rotatable bonds is 8. The van der Waals surface area contributed by atoms with Crippen molar-refractivity contribution in [2.45, 2.75) is 44.7 Å². The van der Waals surface area contributed by atoms with Crippen molar-refractivity contribution in [3.8, 4) is 0 Å². The molecule has 0 radical (unpaired) electrons. The molecule has 2 N–H and O–H groups in total. The van der Waals surface area contributed by atoms with Gasteiger partial charge in [0.1, 0.15) is 0 Å². The maximum absolute atomic E-state index is 6.30. The molecule has 0 spiro atoms. The summed E-state index contributed by atoms with van der Waals surface area (Å²) in [5, 5.41) is 0. The highest BCUT2D eigenvalue weighted by Crippen LogP contribution is 2.26. The molecule has 0 amide bonds. The molecule has 0 aromatic heterocycles. The van der Waals surface area contributed by atoms with E-state index in [-0.39, 0.29) is 0 Å². The van der Waals surface area contributed by atoms with Crippen LogP contribution in [0.15, 0.2) is 0 Å². The molecule has 3 unspecified atom stereocenters. The number of hydrogen-bond donors (Lipinski definition) is 1. The van der Waals surface area contributed by atoms with Crippen LogP contribution in [0.25, 0.3) is 0 Å². The zero-order valence-electron chi connectivity index (χ0n) is 12.2. The molecule has 0 aliphatic heterocycles. The number of methoxy groups -OCH3 is 2. The highest BCUT2D eigenvalue weighted by atomic mass is 16.5. The average Bonchev–Trinajstić information content (AvgIpc) is 2.37. The number of hydrogen-bond acceptors (Lipinski definition) is 4. The minimum Gasteiger partial charge on any atom is -0.385 e. The molecule has 108 valence electrons. The molecule has 1 saturated carbocycles. The largest absolute Gasteiger partial charge is 0.385 e. The van der Waals surface area contributed by atoms with Gasteiger partial charge in [-0.2, -0.15) is 0 Å². The third-order valence-electron chi connectivity index (χ3n) is 3.98. The smallest absolute Gasteiger partial charge is 0.0589 e. The van der Waals surface area contributed by atoms with E-state index in [1.54, 1.807) is 14.2 Å². The summed E-state index contributed by atoms with van der Waals surface area (Å²) in [5.74, 6) is 0.794. The second kappa shape index (κ2) is 8.86. The predicted octanol–water partition coefficient (Wildman–Crippen LogP) is 1.49. The van der Waals surface area contributed by atoms with Gasteiger partial charge in [-0.25, -0.2) is 0 Å².